The minimum Gasteiger partial charge on any atom is -0.497 e. The van der Waals surface area contributed by atoms with Crippen LogP contribution in [0.1, 0.15) is 6.92 Å². The van der Waals surface area contributed by atoms with Crippen LogP contribution in [0.3, 0.4) is 0 Å². The van der Waals surface area contributed by atoms with Crippen LogP contribution in [0.4, 0.5) is 0 Å². The Morgan fingerprint density at radius 2 is 1.70 bits per heavy atom. The third-order valence-electron chi connectivity index (χ3n) is 3.55. The van der Waals surface area contributed by atoms with E-state index in [1.165, 1.54) is 0 Å². The molecule has 1 fully saturated rings. The van der Waals surface area contributed by atoms with Crippen molar-refractivity contribution in [2.45, 2.75) is 6.92 Å². The fraction of sp³-hybridized carbons (Fsp3) is 0.533. The van der Waals surface area contributed by atoms with Gasteiger partial charge in [-0.25, -0.2) is 0 Å². The molecule has 1 amide bonds. The molecule has 1 saturated heterocycles. The second-order valence-electron chi connectivity index (χ2n) is 4.87. The molecule has 0 aromatic heterocycles. The Bertz CT molecular complexity index is 425. The summed E-state index contributed by atoms with van der Waals surface area (Å²) in [7, 11) is 1.65. The molecular formula is C15H22N2O3. The van der Waals surface area contributed by atoms with Gasteiger partial charge >= 0.3 is 0 Å². The fourth-order valence-electron chi connectivity index (χ4n) is 2.25. The minimum atomic E-state index is 0.166. The molecular weight excluding hydrogens is 256 g/mol. The fourth-order valence-corrected chi connectivity index (χ4v) is 2.25. The highest BCUT2D eigenvalue weighted by atomic mass is 16.5. The summed E-state index contributed by atoms with van der Waals surface area (Å²) >= 11 is 0. The van der Waals surface area contributed by atoms with Gasteiger partial charge in [-0.3, -0.25) is 9.69 Å². The van der Waals surface area contributed by atoms with E-state index in [0.717, 1.165) is 44.2 Å². The van der Waals surface area contributed by atoms with Crippen molar-refractivity contribution in [1.82, 2.24) is 9.80 Å². The van der Waals surface area contributed by atoms with Crippen LogP contribution < -0.4 is 9.47 Å². The second kappa shape index (κ2) is 7.14. The number of hydrogen-bond donors (Lipinski definition) is 0. The molecule has 0 atom stereocenters. The molecule has 0 aliphatic carbocycles. The highest BCUT2D eigenvalue weighted by molar-refractivity contribution is 5.73. The van der Waals surface area contributed by atoms with Gasteiger partial charge in [0.1, 0.15) is 18.1 Å². The number of piperazine rings is 1. The van der Waals surface area contributed by atoms with E-state index >= 15 is 0 Å². The van der Waals surface area contributed by atoms with Crippen LogP contribution in [0.2, 0.25) is 0 Å². The number of amides is 1. The Morgan fingerprint density at radius 3 is 2.25 bits per heavy atom. The summed E-state index contributed by atoms with van der Waals surface area (Å²) in [5.74, 6) is 1.85. The van der Waals surface area contributed by atoms with Crippen LogP contribution >= 0.6 is 0 Å². The van der Waals surface area contributed by atoms with Crippen molar-refractivity contribution in [2.75, 3.05) is 46.4 Å². The Hall–Kier alpha value is -1.75. The second-order valence-corrected chi connectivity index (χ2v) is 4.87. The van der Waals surface area contributed by atoms with E-state index in [4.69, 9.17) is 9.47 Å². The molecule has 0 bridgehead atoms. The molecule has 20 heavy (non-hydrogen) atoms. The largest absolute Gasteiger partial charge is 0.497 e. The first-order valence-corrected chi connectivity index (χ1v) is 6.94. The molecule has 0 unspecified atom stereocenters. The van der Waals surface area contributed by atoms with Gasteiger partial charge in [0, 0.05) is 39.6 Å². The molecule has 2 rings (SSSR count). The third kappa shape index (κ3) is 4.13. The quantitative estimate of drug-likeness (QED) is 0.812. The predicted octanol–water partition coefficient (Wildman–Crippen LogP) is 1.24. The van der Waals surface area contributed by atoms with E-state index in [1.54, 1.807) is 14.0 Å². The summed E-state index contributed by atoms with van der Waals surface area (Å²) in [6, 6.07) is 7.60. The van der Waals surface area contributed by atoms with Gasteiger partial charge in [-0.15, -0.1) is 0 Å². The lowest BCUT2D eigenvalue weighted by Gasteiger charge is -2.34. The van der Waals surface area contributed by atoms with Crippen LogP contribution in [0.25, 0.3) is 0 Å². The highest BCUT2D eigenvalue weighted by Gasteiger charge is 2.17. The summed E-state index contributed by atoms with van der Waals surface area (Å²) in [4.78, 5) is 15.4. The average Bonchev–Trinajstić information content (AvgIpc) is 2.48. The zero-order valence-electron chi connectivity index (χ0n) is 12.2. The lowest BCUT2D eigenvalue weighted by molar-refractivity contribution is -0.130. The molecule has 1 aliphatic heterocycles. The van der Waals surface area contributed by atoms with Gasteiger partial charge in [0.2, 0.25) is 5.91 Å². The van der Waals surface area contributed by atoms with Crippen LogP contribution in [0, 0.1) is 0 Å². The van der Waals surface area contributed by atoms with Crippen molar-refractivity contribution in [3.8, 4) is 11.5 Å². The number of rotatable bonds is 5. The van der Waals surface area contributed by atoms with E-state index in [2.05, 4.69) is 4.90 Å². The number of ether oxygens (including phenoxy) is 2. The van der Waals surface area contributed by atoms with Gasteiger partial charge in [0.25, 0.3) is 0 Å². The standard InChI is InChI=1S/C15H22N2O3/c1-13(18)17-9-7-16(8-10-17)11-12-20-15-5-3-14(19-2)4-6-15/h3-6H,7-12H2,1-2H3. The Morgan fingerprint density at radius 1 is 1.10 bits per heavy atom. The number of carbonyl (C=O) groups excluding carboxylic acids is 1. The first-order valence-electron chi connectivity index (χ1n) is 6.94. The van der Waals surface area contributed by atoms with E-state index in [-0.39, 0.29) is 5.91 Å². The smallest absolute Gasteiger partial charge is 0.219 e. The Kier molecular flexibility index (Phi) is 5.24. The van der Waals surface area contributed by atoms with Crippen molar-refractivity contribution in [1.29, 1.82) is 0 Å². The number of carbonyl (C=O) groups is 1. The lowest BCUT2D eigenvalue weighted by atomic mass is 10.3. The zero-order valence-corrected chi connectivity index (χ0v) is 12.2. The maximum Gasteiger partial charge on any atom is 0.219 e. The van der Waals surface area contributed by atoms with Crippen molar-refractivity contribution in [2.24, 2.45) is 0 Å². The Labute approximate surface area is 120 Å². The van der Waals surface area contributed by atoms with Crippen molar-refractivity contribution in [3.63, 3.8) is 0 Å². The Balaban J connectivity index is 1.67. The van der Waals surface area contributed by atoms with Crippen LogP contribution in [0.5, 0.6) is 11.5 Å². The number of methoxy groups -OCH3 is 1. The molecule has 0 N–H and O–H groups in total. The van der Waals surface area contributed by atoms with Gasteiger partial charge in [0.05, 0.1) is 7.11 Å². The summed E-state index contributed by atoms with van der Waals surface area (Å²) in [6.45, 7) is 6.65. The molecule has 1 aromatic rings. The summed E-state index contributed by atoms with van der Waals surface area (Å²) in [6.07, 6.45) is 0. The van der Waals surface area contributed by atoms with E-state index in [9.17, 15) is 4.79 Å². The molecule has 5 nitrogen and oxygen atoms in total. The first kappa shape index (κ1) is 14.7. The molecule has 0 saturated carbocycles. The van der Waals surface area contributed by atoms with Gasteiger partial charge in [0.15, 0.2) is 0 Å². The summed E-state index contributed by atoms with van der Waals surface area (Å²) in [5, 5.41) is 0. The number of benzene rings is 1. The molecule has 1 heterocycles. The van der Waals surface area contributed by atoms with Crippen molar-refractivity contribution >= 4 is 5.91 Å². The molecule has 0 radical (unpaired) electrons. The third-order valence-corrected chi connectivity index (χ3v) is 3.55. The van der Waals surface area contributed by atoms with Crippen LogP contribution in [-0.2, 0) is 4.79 Å². The van der Waals surface area contributed by atoms with E-state index < -0.39 is 0 Å². The first-order chi connectivity index (χ1) is 9.69. The van der Waals surface area contributed by atoms with E-state index in [1.807, 2.05) is 29.2 Å². The maximum absolute atomic E-state index is 11.2. The topological polar surface area (TPSA) is 42.0 Å². The SMILES string of the molecule is COc1ccc(OCCN2CCN(C(C)=O)CC2)cc1. The van der Waals surface area contributed by atoms with Crippen LogP contribution in [0.15, 0.2) is 24.3 Å². The van der Waals surface area contributed by atoms with E-state index in [0.29, 0.717) is 6.61 Å². The van der Waals surface area contributed by atoms with Gasteiger partial charge < -0.3 is 14.4 Å². The number of nitrogens with zero attached hydrogens (tertiary/aromatic N) is 2. The molecule has 0 spiro atoms. The minimum absolute atomic E-state index is 0.166. The summed E-state index contributed by atoms with van der Waals surface area (Å²) in [5.41, 5.74) is 0. The van der Waals surface area contributed by atoms with Crippen molar-refractivity contribution < 1.29 is 14.3 Å². The normalized spacial score (nSPS) is 16.0. The molecule has 110 valence electrons. The zero-order chi connectivity index (χ0) is 14.4. The maximum atomic E-state index is 11.2. The number of hydrogen-bond acceptors (Lipinski definition) is 4. The van der Waals surface area contributed by atoms with Gasteiger partial charge in [-0.1, -0.05) is 0 Å². The molecule has 1 aliphatic rings. The lowest BCUT2D eigenvalue weighted by Crippen LogP contribution is -2.48. The van der Waals surface area contributed by atoms with Gasteiger partial charge in [-0.2, -0.15) is 0 Å². The summed E-state index contributed by atoms with van der Waals surface area (Å²) < 4.78 is 10.8. The van der Waals surface area contributed by atoms with Crippen LogP contribution in [-0.4, -0.2) is 62.1 Å². The molecule has 5 heteroatoms. The average molecular weight is 278 g/mol. The van der Waals surface area contributed by atoms with Gasteiger partial charge in [-0.05, 0) is 24.3 Å². The predicted molar refractivity (Wildman–Crippen MR) is 77.2 cm³/mol. The molecule has 1 aromatic carbocycles. The monoisotopic (exact) mass is 278 g/mol. The van der Waals surface area contributed by atoms with Crippen molar-refractivity contribution in [3.05, 3.63) is 24.3 Å². The highest BCUT2D eigenvalue weighted by Crippen LogP contribution is 2.16.